The number of amides is 1. The second kappa shape index (κ2) is 8.68. The van der Waals surface area contributed by atoms with Crippen LogP contribution in [0.15, 0.2) is 24.3 Å². The van der Waals surface area contributed by atoms with Crippen molar-refractivity contribution in [1.82, 2.24) is 10.2 Å². The van der Waals surface area contributed by atoms with Gasteiger partial charge in [-0.1, -0.05) is 18.6 Å². The van der Waals surface area contributed by atoms with Crippen LogP contribution in [0.3, 0.4) is 0 Å². The molecule has 1 saturated carbocycles. The SMILES string of the molecule is COc1ccc(C(CNC(=O)C[C@@H]2CCC[C@H]2N)N2CCCC2)cc1. The number of nitrogens with two attached hydrogens (primary N) is 1. The van der Waals surface area contributed by atoms with Crippen LogP contribution in [0.1, 0.15) is 50.1 Å². The fourth-order valence-electron chi connectivity index (χ4n) is 4.18. The summed E-state index contributed by atoms with van der Waals surface area (Å²) in [5, 5.41) is 3.17. The van der Waals surface area contributed by atoms with E-state index in [4.69, 9.17) is 10.5 Å². The van der Waals surface area contributed by atoms with E-state index in [0.29, 0.717) is 18.9 Å². The Morgan fingerprint density at radius 3 is 2.56 bits per heavy atom. The molecule has 0 aromatic heterocycles. The van der Waals surface area contributed by atoms with E-state index < -0.39 is 0 Å². The molecule has 1 amide bonds. The van der Waals surface area contributed by atoms with Gasteiger partial charge >= 0.3 is 0 Å². The minimum Gasteiger partial charge on any atom is -0.497 e. The zero-order valence-corrected chi connectivity index (χ0v) is 15.2. The predicted molar refractivity (Wildman–Crippen MR) is 99.5 cm³/mol. The lowest BCUT2D eigenvalue weighted by Crippen LogP contribution is -2.38. The Morgan fingerprint density at radius 2 is 1.96 bits per heavy atom. The molecule has 5 nitrogen and oxygen atoms in total. The molecule has 1 aromatic carbocycles. The van der Waals surface area contributed by atoms with Crippen LogP contribution in [-0.2, 0) is 4.79 Å². The summed E-state index contributed by atoms with van der Waals surface area (Å²) in [5.74, 6) is 1.36. The molecule has 0 bridgehead atoms. The number of carbonyl (C=O) groups is 1. The molecule has 2 fully saturated rings. The molecular weight excluding hydrogens is 314 g/mol. The summed E-state index contributed by atoms with van der Waals surface area (Å²) in [4.78, 5) is 14.9. The molecule has 1 aliphatic heterocycles. The molecule has 1 aromatic rings. The number of hydrogen-bond acceptors (Lipinski definition) is 4. The highest BCUT2D eigenvalue weighted by atomic mass is 16.5. The largest absolute Gasteiger partial charge is 0.497 e. The quantitative estimate of drug-likeness (QED) is 0.797. The third-order valence-corrected chi connectivity index (χ3v) is 5.74. The monoisotopic (exact) mass is 345 g/mol. The standard InChI is InChI=1S/C20H31N3O2/c1-25-17-9-7-15(8-10-17)19(23-11-2-3-12-23)14-22-20(24)13-16-5-4-6-18(16)21/h7-10,16,18-19H,2-6,11-14,21H2,1H3,(H,22,24)/t16-,18+,19?/m0/s1. The van der Waals surface area contributed by atoms with Crippen LogP contribution in [-0.4, -0.2) is 43.6 Å². The second-order valence-corrected chi connectivity index (χ2v) is 7.40. The van der Waals surface area contributed by atoms with Gasteiger partial charge < -0.3 is 15.8 Å². The van der Waals surface area contributed by atoms with Crippen LogP contribution >= 0.6 is 0 Å². The third-order valence-electron chi connectivity index (χ3n) is 5.74. The van der Waals surface area contributed by atoms with E-state index in [9.17, 15) is 4.79 Å². The van der Waals surface area contributed by atoms with Crippen molar-refractivity contribution in [1.29, 1.82) is 0 Å². The lowest BCUT2D eigenvalue weighted by molar-refractivity contribution is -0.122. The molecule has 1 aliphatic carbocycles. The molecule has 1 unspecified atom stereocenters. The molecule has 0 radical (unpaired) electrons. The Hall–Kier alpha value is -1.59. The molecule has 1 saturated heterocycles. The van der Waals surface area contributed by atoms with E-state index in [1.54, 1.807) is 7.11 Å². The van der Waals surface area contributed by atoms with Crippen molar-refractivity contribution in [2.45, 2.75) is 50.6 Å². The maximum atomic E-state index is 12.4. The van der Waals surface area contributed by atoms with Gasteiger partial charge in [-0.15, -0.1) is 0 Å². The van der Waals surface area contributed by atoms with Crippen LogP contribution in [0.2, 0.25) is 0 Å². The fraction of sp³-hybridized carbons (Fsp3) is 0.650. The molecule has 3 atom stereocenters. The Balaban J connectivity index is 1.60. The first-order valence-corrected chi connectivity index (χ1v) is 9.57. The Bertz CT molecular complexity index is 555. The van der Waals surface area contributed by atoms with Crippen LogP contribution < -0.4 is 15.8 Å². The summed E-state index contributed by atoms with van der Waals surface area (Å²) < 4.78 is 5.26. The van der Waals surface area contributed by atoms with Gasteiger partial charge in [-0.3, -0.25) is 9.69 Å². The van der Waals surface area contributed by atoms with E-state index in [-0.39, 0.29) is 18.0 Å². The average molecular weight is 345 g/mol. The smallest absolute Gasteiger partial charge is 0.220 e. The number of ether oxygens (including phenoxy) is 1. The Labute approximate surface area is 150 Å². The van der Waals surface area contributed by atoms with Gasteiger partial charge in [-0.2, -0.15) is 0 Å². The molecule has 138 valence electrons. The summed E-state index contributed by atoms with van der Waals surface area (Å²) in [5.41, 5.74) is 7.34. The van der Waals surface area contributed by atoms with E-state index >= 15 is 0 Å². The van der Waals surface area contributed by atoms with Crippen molar-refractivity contribution in [2.75, 3.05) is 26.7 Å². The van der Waals surface area contributed by atoms with Crippen molar-refractivity contribution in [3.05, 3.63) is 29.8 Å². The molecule has 3 rings (SSSR count). The summed E-state index contributed by atoms with van der Waals surface area (Å²) in [6.45, 7) is 2.85. The normalized spacial score (nSPS) is 25.0. The first-order chi connectivity index (χ1) is 12.2. The van der Waals surface area contributed by atoms with Crippen molar-refractivity contribution in [3.63, 3.8) is 0 Å². The van der Waals surface area contributed by atoms with Gasteiger partial charge in [0.25, 0.3) is 0 Å². The predicted octanol–water partition coefficient (Wildman–Crippen LogP) is 2.47. The van der Waals surface area contributed by atoms with Crippen LogP contribution in [0.4, 0.5) is 0 Å². The summed E-state index contributed by atoms with van der Waals surface area (Å²) in [7, 11) is 1.68. The zero-order chi connectivity index (χ0) is 17.6. The Morgan fingerprint density at radius 1 is 1.24 bits per heavy atom. The average Bonchev–Trinajstić information content (AvgIpc) is 3.28. The highest BCUT2D eigenvalue weighted by Crippen LogP contribution is 2.28. The summed E-state index contributed by atoms with van der Waals surface area (Å²) in [6.07, 6.45) is 6.33. The lowest BCUT2D eigenvalue weighted by atomic mass is 9.99. The van der Waals surface area contributed by atoms with Crippen LogP contribution in [0.25, 0.3) is 0 Å². The van der Waals surface area contributed by atoms with E-state index in [0.717, 1.165) is 38.1 Å². The molecule has 1 heterocycles. The highest BCUT2D eigenvalue weighted by Gasteiger charge is 2.27. The molecular formula is C20H31N3O2. The van der Waals surface area contributed by atoms with Gasteiger partial charge in [0.2, 0.25) is 5.91 Å². The van der Waals surface area contributed by atoms with Gasteiger partial charge in [0.15, 0.2) is 0 Å². The maximum absolute atomic E-state index is 12.4. The molecule has 5 heteroatoms. The van der Waals surface area contributed by atoms with Gasteiger partial charge in [0.05, 0.1) is 13.2 Å². The number of benzene rings is 1. The van der Waals surface area contributed by atoms with Crippen LogP contribution in [0.5, 0.6) is 5.75 Å². The second-order valence-electron chi connectivity index (χ2n) is 7.40. The van der Waals surface area contributed by atoms with Gasteiger partial charge in [-0.25, -0.2) is 0 Å². The number of likely N-dealkylation sites (tertiary alicyclic amines) is 1. The number of nitrogens with zero attached hydrogens (tertiary/aromatic N) is 1. The van der Waals surface area contributed by atoms with Gasteiger partial charge in [-0.05, 0) is 62.4 Å². The van der Waals surface area contributed by atoms with Gasteiger partial charge in [0.1, 0.15) is 5.75 Å². The van der Waals surface area contributed by atoms with Crippen molar-refractivity contribution in [2.24, 2.45) is 11.7 Å². The number of hydrogen-bond donors (Lipinski definition) is 2. The van der Waals surface area contributed by atoms with Crippen molar-refractivity contribution < 1.29 is 9.53 Å². The summed E-state index contributed by atoms with van der Waals surface area (Å²) >= 11 is 0. The molecule has 3 N–H and O–H groups in total. The first kappa shape index (κ1) is 18.2. The zero-order valence-electron chi connectivity index (χ0n) is 15.2. The highest BCUT2D eigenvalue weighted by molar-refractivity contribution is 5.76. The molecule has 2 aliphatic rings. The number of carbonyl (C=O) groups excluding carboxylic acids is 1. The minimum absolute atomic E-state index is 0.139. The van der Waals surface area contributed by atoms with E-state index in [2.05, 4.69) is 22.3 Å². The number of rotatable bonds is 7. The molecule has 0 spiro atoms. The number of nitrogens with one attached hydrogen (secondary N) is 1. The topological polar surface area (TPSA) is 67.6 Å². The van der Waals surface area contributed by atoms with E-state index in [1.165, 1.54) is 18.4 Å². The summed E-state index contributed by atoms with van der Waals surface area (Å²) in [6, 6.07) is 8.65. The van der Waals surface area contributed by atoms with Gasteiger partial charge in [0, 0.05) is 19.0 Å². The number of methoxy groups -OCH3 is 1. The maximum Gasteiger partial charge on any atom is 0.220 e. The van der Waals surface area contributed by atoms with Crippen LogP contribution in [0, 0.1) is 5.92 Å². The lowest BCUT2D eigenvalue weighted by Gasteiger charge is -2.28. The first-order valence-electron chi connectivity index (χ1n) is 9.57. The molecule has 25 heavy (non-hydrogen) atoms. The van der Waals surface area contributed by atoms with Crippen molar-refractivity contribution in [3.8, 4) is 5.75 Å². The van der Waals surface area contributed by atoms with Crippen molar-refractivity contribution >= 4 is 5.91 Å². The fourth-order valence-corrected chi connectivity index (χ4v) is 4.18. The Kier molecular flexibility index (Phi) is 6.32. The minimum atomic E-state index is 0.139. The third kappa shape index (κ3) is 4.73. The van der Waals surface area contributed by atoms with E-state index in [1.807, 2.05) is 12.1 Å².